The van der Waals surface area contributed by atoms with Gasteiger partial charge in [0, 0.05) is 12.7 Å². The van der Waals surface area contributed by atoms with E-state index in [1.54, 1.807) is 6.07 Å². The van der Waals surface area contributed by atoms with Crippen LogP contribution in [0, 0.1) is 0 Å². The molecule has 0 unspecified atom stereocenters. The van der Waals surface area contributed by atoms with Crippen LogP contribution in [0.3, 0.4) is 0 Å². The van der Waals surface area contributed by atoms with Crippen LogP contribution in [0.1, 0.15) is 17.5 Å². The standard InChI is InChI=1S/C19H16N4OS/c1-22(14-10-9-12-5-4-6-13(12)11-14)19-21-23-17(24)15-7-2-3-8-16(15)20-18(23)25-19/h2-3,7-11H,4-6H2,1H3. The Kier molecular flexibility index (Phi) is 3.15. The number of fused-ring (bicyclic) bond motifs is 3. The SMILES string of the molecule is CN(c1ccc2c(c1)CCC2)c1nn2c(=O)c3ccccc3nc2s1. The molecule has 2 heterocycles. The van der Waals surface area contributed by atoms with E-state index in [1.165, 1.54) is 39.8 Å². The molecule has 0 amide bonds. The minimum atomic E-state index is -0.120. The predicted molar refractivity (Wildman–Crippen MR) is 101 cm³/mol. The Labute approximate surface area is 148 Å². The summed E-state index contributed by atoms with van der Waals surface area (Å²) in [6, 6.07) is 14.0. The van der Waals surface area contributed by atoms with E-state index < -0.39 is 0 Å². The molecular weight excluding hydrogens is 332 g/mol. The summed E-state index contributed by atoms with van der Waals surface area (Å²) in [6.07, 6.45) is 3.55. The van der Waals surface area contributed by atoms with Crippen LogP contribution in [0.25, 0.3) is 15.9 Å². The number of hydrogen-bond donors (Lipinski definition) is 0. The summed E-state index contributed by atoms with van der Waals surface area (Å²) in [5.41, 5.74) is 4.56. The monoisotopic (exact) mass is 348 g/mol. The summed E-state index contributed by atoms with van der Waals surface area (Å²) in [4.78, 5) is 19.9. The van der Waals surface area contributed by atoms with Crippen molar-refractivity contribution in [1.29, 1.82) is 0 Å². The molecule has 0 atom stereocenters. The third kappa shape index (κ3) is 2.25. The molecule has 0 saturated carbocycles. The van der Waals surface area contributed by atoms with Crippen molar-refractivity contribution in [3.8, 4) is 0 Å². The van der Waals surface area contributed by atoms with Gasteiger partial charge in [0.15, 0.2) is 0 Å². The molecule has 2 aromatic carbocycles. The van der Waals surface area contributed by atoms with Gasteiger partial charge in [0.2, 0.25) is 10.1 Å². The topological polar surface area (TPSA) is 50.5 Å². The maximum atomic E-state index is 12.7. The van der Waals surface area contributed by atoms with Gasteiger partial charge in [-0.2, -0.15) is 4.52 Å². The van der Waals surface area contributed by atoms with Crippen molar-refractivity contribution in [3.05, 3.63) is 63.9 Å². The molecule has 5 rings (SSSR count). The van der Waals surface area contributed by atoms with Gasteiger partial charge < -0.3 is 4.90 Å². The zero-order valence-corrected chi connectivity index (χ0v) is 14.6. The Morgan fingerprint density at radius 3 is 2.88 bits per heavy atom. The van der Waals surface area contributed by atoms with E-state index in [1.807, 2.05) is 30.1 Å². The summed E-state index contributed by atoms with van der Waals surface area (Å²) in [7, 11) is 1.99. The zero-order valence-electron chi connectivity index (χ0n) is 13.8. The number of para-hydroxylation sites is 1. The van der Waals surface area contributed by atoms with Crippen LogP contribution in [0.2, 0.25) is 0 Å². The van der Waals surface area contributed by atoms with Gasteiger partial charge in [0.05, 0.1) is 10.9 Å². The van der Waals surface area contributed by atoms with Crippen molar-refractivity contribution >= 4 is 38.0 Å². The summed E-state index contributed by atoms with van der Waals surface area (Å²) in [5.74, 6) is 0. The fourth-order valence-corrected chi connectivity index (χ4v) is 4.34. The lowest BCUT2D eigenvalue weighted by molar-refractivity contribution is 0.903. The van der Waals surface area contributed by atoms with Gasteiger partial charge >= 0.3 is 0 Å². The molecule has 1 aliphatic carbocycles. The second-order valence-electron chi connectivity index (χ2n) is 6.38. The van der Waals surface area contributed by atoms with Gasteiger partial charge in [-0.3, -0.25) is 4.79 Å². The van der Waals surface area contributed by atoms with E-state index >= 15 is 0 Å². The third-order valence-electron chi connectivity index (χ3n) is 4.85. The van der Waals surface area contributed by atoms with Crippen LogP contribution in [-0.2, 0) is 12.8 Å². The van der Waals surface area contributed by atoms with Crippen LogP contribution in [0.5, 0.6) is 0 Å². The Bertz CT molecular complexity index is 1180. The molecule has 0 spiro atoms. The number of nitrogens with zero attached hydrogens (tertiary/aromatic N) is 4. The highest BCUT2D eigenvalue weighted by molar-refractivity contribution is 7.20. The summed E-state index contributed by atoms with van der Waals surface area (Å²) >= 11 is 1.43. The van der Waals surface area contributed by atoms with Crippen LogP contribution >= 0.6 is 11.3 Å². The Balaban J connectivity index is 1.64. The summed E-state index contributed by atoms with van der Waals surface area (Å²) in [5, 5.41) is 5.87. The highest BCUT2D eigenvalue weighted by Crippen LogP contribution is 2.31. The largest absolute Gasteiger partial charge is 0.319 e. The highest BCUT2D eigenvalue weighted by atomic mass is 32.1. The van der Waals surface area contributed by atoms with E-state index in [-0.39, 0.29) is 5.56 Å². The fraction of sp³-hybridized carbons (Fsp3) is 0.211. The van der Waals surface area contributed by atoms with Crippen LogP contribution in [0.4, 0.5) is 10.8 Å². The van der Waals surface area contributed by atoms with Gasteiger partial charge in [-0.25, -0.2) is 4.98 Å². The first-order valence-corrected chi connectivity index (χ1v) is 9.16. The minimum Gasteiger partial charge on any atom is -0.319 e. The molecule has 4 aromatic rings. The van der Waals surface area contributed by atoms with Crippen molar-refractivity contribution in [2.24, 2.45) is 0 Å². The number of benzene rings is 2. The third-order valence-corrected chi connectivity index (χ3v) is 5.83. The lowest BCUT2D eigenvalue weighted by Gasteiger charge is -2.16. The number of anilines is 2. The molecule has 25 heavy (non-hydrogen) atoms. The number of aryl methyl sites for hydroxylation is 2. The Hall–Kier alpha value is -2.73. The van der Waals surface area contributed by atoms with Crippen molar-refractivity contribution < 1.29 is 0 Å². The van der Waals surface area contributed by atoms with Crippen LogP contribution in [-0.4, -0.2) is 21.6 Å². The van der Waals surface area contributed by atoms with Gasteiger partial charge in [-0.15, -0.1) is 5.10 Å². The van der Waals surface area contributed by atoms with E-state index in [2.05, 4.69) is 28.3 Å². The van der Waals surface area contributed by atoms with Gasteiger partial charge in [0.1, 0.15) is 0 Å². The fourth-order valence-electron chi connectivity index (χ4n) is 3.46. The van der Waals surface area contributed by atoms with Crippen molar-refractivity contribution in [2.75, 3.05) is 11.9 Å². The molecule has 0 fully saturated rings. The van der Waals surface area contributed by atoms with Gasteiger partial charge in [-0.1, -0.05) is 29.5 Å². The number of hydrogen-bond acceptors (Lipinski definition) is 5. The smallest absolute Gasteiger partial charge is 0.283 e. The minimum absolute atomic E-state index is 0.120. The van der Waals surface area contributed by atoms with Crippen LogP contribution < -0.4 is 10.5 Å². The summed E-state index contributed by atoms with van der Waals surface area (Å²) in [6.45, 7) is 0. The van der Waals surface area contributed by atoms with Crippen molar-refractivity contribution in [3.63, 3.8) is 0 Å². The van der Waals surface area contributed by atoms with Crippen molar-refractivity contribution in [2.45, 2.75) is 19.3 Å². The number of rotatable bonds is 2. The quantitative estimate of drug-likeness (QED) is 0.556. The molecule has 0 N–H and O–H groups in total. The zero-order chi connectivity index (χ0) is 17.0. The summed E-state index contributed by atoms with van der Waals surface area (Å²) < 4.78 is 1.41. The molecule has 5 nitrogen and oxygen atoms in total. The molecule has 6 heteroatoms. The first-order valence-electron chi connectivity index (χ1n) is 8.35. The van der Waals surface area contributed by atoms with Gasteiger partial charge in [-0.05, 0) is 54.7 Å². The van der Waals surface area contributed by atoms with E-state index in [4.69, 9.17) is 0 Å². The molecule has 0 radical (unpaired) electrons. The second kappa shape index (κ2) is 5.39. The molecule has 0 bridgehead atoms. The first kappa shape index (κ1) is 14.6. The lowest BCUT2D eigenvalue weighted by Crippen LogP contribution is -2.16. The molecule has 2 aromatic heterocycles. The predicted octanol–water partition coefficient (Wildman–Crippen LogP) is 3.56. The van der Waals surface area contributed by atoms with E-state index in [9.17, 15) is 4.79 Å². The first-order chi connectivity index (χ1) is 12.2. The van der Waals surface area contributed by atoms with Gasteiger partial charge in [0.25, 0.3) is 5.56 Å². The highest BCUT2D eigenvalue weighted by Gasteiger charge is 2.17. The Morgan fingerprint density at radius 2 is 1.96 bits per heavy atom. The maximum Gasteiger partial charge on any atom is 0.283 e. The molecule has 1 aliphatic rings. The number of aromatic nitrogens is 3. The molecule has 124 valence electrons. The Morgan fingerprint density at radius 1 is 1.12 bits per heavy atom. The lowest BCUT2D eigenvalue weighted by atomic mass is 10.1. The molecule has 0 saturated heterocycles. The average molecular weight is 348 g/mol. The van der Waals surface area contributed by atoms with E-state index in [0.717, 1.165) is 17.2 Å². The van der Waals surface area contributed by atoms with Crippen LogP contribution in [0.15, 0.2) is 47.3 Å². The second-order valence-corrected chi connectivity index (χ2v) is 7.31. The average Bonchev–Trinajstić information content (AvgIpc) is 3.27. The maximum absolute atomic E-state index is 12.7. The molecular formula is C19H16N4OS. The molecule has 0 aliphatic heterocycles. The normalized spacial score (nSPS) is 13.5. The van der Waals surface area contributed by atoms with Crippen molar-refractivity contribution in [1.82, 2.24) is 14.6 Å². The van der Waals surface area contributed by atoms with E-state index in [0.29, 0.717) is 15.9 Å².